The summed E-state index contributed by atoms with van der Waals surface area (Å²) in [7, 11) is 2.24. The van der Waals surface area contributed by atoms with Crippen molar-refractivity contribution in [1.82, 2.24) is 9.80 Å². The van der Waals surface area contributed by atoms with E-state index >= 15 is 0 Å². The van der Waals surface area contributed by atoms with Gasteiger partial charge in [0, 0.05) is 13.1 Å². The fraction of sp³-hybridized carbons (Fsp3) is 1.00. The molecule has 0 aromatic heterocycles. The lowest BCUT2D eigenvalue weighted by Crippen LogP contribution is -2.38. The molecule has 3 heteroatoms. The van der Waals surface area contributed by atoms with Crippen molar-refractivity contribution in [3.05, 3.63) is 0 Å². The Balaban J connectivity index is 1.78. The monoisotopic (exact) mass is 253 g/mol. The number of nitrogens with zero attached hydrogens (tertiary/aromatic N) is 2. The van der Waals surface area contributed by atoms with Crippen LogP contribution in [-0.2, 0) is 0 Å². The molecule has 1 heterocycles. The average Bonchev–Trinajstić information content (AvgIpc) is 2.62. The summed E-state index contributed by atoms with van der Waals surface area (Å²) in [6, 6.07) is 0. The van der Waals surface area contributed by atoms with Crippen LogP contribution in [0.5, 0.6) is 0 Å². The van der Waals surface area contributed by atoms with Crippen molar-refractivity contribution in [1.29, 1.82) is 0 Å². The summed E-state index contributed by atoms with van der Waals surface area (Å²) in [4.78, 5) is 5.12. The molecule has 0 aromatic carbocycles. The third kappa shape index (κ3) is 3.94. The van der Waals surface area contributed by atoms with Crippen molar-refractivity contribution in [3.8, 4) is 0 Å². The summed E-state index contributed by atoms with van der Waals surface area (Å²) in [5.74, 6) is 0. The van der Waals surface area contributed by atoms with Crippen LogP contribution < -0.4 is 5.73 Å². The van der Waals surface area contributed by atoms with Gasteiger partial charge in [0.05, 0.1) is 0 Å². The average molecular weight is 253 g/mol. The van der Waals surface area contributed by atoms with Gasteiger partial charge < -0.3 is 15.5 Å². The lowest BCUT2D eigenvalue weighted by Gasteiger charge is -2.38. The van der Waals surface area contributed by atoms with Gasteiger partial charge in [0.2, 0.25) is 0 Å². The van der Waals surface area contributed by atoms with Gasteiger partial charge in [-0.1, -0.05) is 19.3 Å². The first-order chi connectivity index (χ1) is 8.74. The largest absolute Gasteiger partial charge is 0.330 e. The third-order valence-electron chi connectivity index (χ3n) is 5.12. The molecular weight excluding hydrogens is 222 g/mol. The van der Waals surface area contributed by atoms with Gasteiger partial charge >= 0.3 is 0 Å². The second-order valence-electron chi connectivity index (χ2n) is 6.51. The Bertz CT molecular complexity index is 236. The molecule has 1 saturated heterocycles. The number of hydrogen-bond acceptors (Lipinski definition) is 3. The zero-order chi connectivity index (χ0) is 12.8. The molecule has 1 saturated carbocycles. The molecule has 0 radical (unpaired) electrons. The molecule has 0 atom stereocenters. The van der Waals surface area contributed by atoms with Crippen molar-refractivity contribution in [2.45, 2.75) is 44.9 Å². The molecule has 2 rings (SSSR count). The number of rotatable bonds is 4. The van der Waals surface area contributed by atoms with Gasteiger partial charge in [-0.3, -0.25) is 0 Å². The molecule has 1 aliphatic heterocycles. The predicted molar refractivity (Wildman–Crippen MR) is 77.7 cm³/mol. The van der Waals surface area contributed by atoms with E-state index in [1.165, 1.54) is 77.7 Å². The number of likely N-dealkylation sites (N-methyl/N-ethyl adjacent to an activating group) is 1. The van der Waals surface area contributed by atoms with E-state index < -0.39 is 0 Å². The Hall–Kier alpha value is -0.120. The van der Waals surface area contributed by atoms with Gasteiger partial charge in [-0.15, -0.1) is 0 Å². The van der Waals surface area contributed by atoms with Crippen LogP contribution in [0.15, 0.2) is 0 Å². The molecule has 0 unspecified atom stereocenters. The Morgan fingerprint density at radius 1 is 0.944 bits per heavy atom. The lowest BCUT2D eigenvalue weighted by atomic mass is 9.72. The van der Waals surface area contributed by atoms with Crippen LogP contribution in [0.1, 0.15) is 44.9 Å². The maximum atomic E-state index is 6.08. The molecule has 106 valence electrons. The minimum Gasteiger partial charge on any atom is -0.330 e. The molecule has 2 aliphatic rings. The van der Waals surface area contributed by atoms with E-state index in [1.807, 2.05) is 0 Å². The Labute approximate surface area is 113 Å². The molecule has 18 heavy (non-hydrogen) atoms. The van der Waals surface area contributed by atoms with Crippen molar-refractivity contribution in [3.63, 3.8) is 0 Å². The minimum atomic E-state index is 0.483. The highest BCUT2D eigenvalue weighted by Crippen LogP contribution is 2.38. The maximum Gasteiger partial charge on any atom is 0.0109 e. The summed E-state index contributed by atoms with van der Waals surface area (Å²) in [6.45, 7) is 7.20. The van der Waals surface area contributed by atoms with Crippen LogP contribution in [0.4, 0.5) is 0 Å². The van der Waals surface area contributed by atoms with Gasteiger partial charge in [-0.25, -0.2) is 0 Å². The standard InChI is InChI=1S/C15H31N3/c1-17-9-5-10-18(13-12-17)11-8-15(14-16)6-3-2-4-7-15/h2-14,16H2,1H3. The molecule has 0 bridgehead atoms. The molecule has 3 nitrogen and oxygen atoms in total. The fourth-order valence-corrected chi connectivity index (χ4v) is 3.58. The highest BCUT2D eigenvalue weighted by molar-refractivity contribution is 4.85. The van der Waals surface area contributed by atoms with Crippen molar-refractivity contribution < 1.29 is 0 Å². The Morgan fingerprint density at radius 2 is 1.72 bits per heavy atom. The summed E-state index contributed by atoms with van der Waals surface area (Å²) < 4.78 is 0. The zero-order valence-corrected chi connectivity index (χ0v) is 12.2. The summed E-state index contributed by atoms with van der Waals surface area (Å²) in [5, 5.41) is 0. The van der Waals surface area contributed by atoms with Crippen LogP contribution >= 0.6 is 0 Å². The SMILES string of the molecule is CN1CCCN(CCC2(CN)CCCCC2)CC1. The minimum absolute atomic E-state index is 0.483. The van der Waals surface area contributed by atoms with E-state index in [1.54, 1.807) is 0 Å². The fourth-order valence-electron chi connectivity index (χ4n) is 3.58. The van der Waals surface area contributed by atoms with Crippen LogP contribution in [-0.4, -0.2) is 56.1 Å². The lowest BCUT2D eigenvalue weighted by molar-refractivity contribution is 0.148. The first kappa shape index (κ1) is 14.3. The first-order valence-corrected chi connectivity index (χ1v) is 7.85. The van der Waals surface area contributed by atoms with Gasteiger partial charge in [0.1, 0.15) is 0 Å². The van der Waals surface area contributed by atoms with Gasteiger partial charge in [-0.2, -0.15) is 0 Å². The normalized spacial score (nSPS) is 27.0. The smallest absolute Gasteiger partial charge is 0.0109 e. The van der Waals surface area contributed by atoms with Crippen LogP contribution in [0, 0.1) is 5.41 Å². The van der Waals surface area contributed by atoms with Crippen molar-refractivity contribution in [2.75, 3.05) is 46.3 Å². The topological polar surface area (TPSA) is 32.5 Å². The molecule has 2 N–H and O–H groups in total. The molecular formula is C15H31N3. The summed E-state index contributed by atoms with van der Waals surface area (Å²) >= 11 is 0. The van der Waals surface area contributed by atoms with E-state index in [0.29, 0.717) is 5.41 Å². The third-order valence-corrected chi connectivity index (χ3v) is 5.12. The molecule has 0 amide bonds. The molecule has 0 spiro atoms. The van der Waals surface area contributed by atoms with Crippen molar-refractivity contribution in [2.24, 2.45) is 11.1 Å². The van der Waals surface area contributed by atoms with Crippen LogP contribution in [0.3, 0.4) is 0 Å². The molecule has 0 aromatic rings. The zero-order valence-electron chi connectivity index (χ0n) is 12.2. The Morgan fingerprint density at radius 3 is 2.44 bits per heavy atom. The highest BCUT2D eigenvalue weighted by atomic mass is 15.2. The number of hydrogen-bond donors (Lipinski definition) is 1. The van der Waals surface area contributed by atoms with Gasteiger partial charge in [0.15, 0.2) is 0 Å². The van der Waals surface area contributed by atoms with Gasteiger partial charge in [0.25, 0.3) is 0 Å². The predicted octanol–water partition coefficient (Wildman–Crippen LogP) is 1.92. The van der Waals surface area contributed by atoms with Crippen LogP contribution in [0.2, 0.25) is 0 Å². The van der Waals surface area contributed by atoms with Crippen LogP contribution in [0.25, 0.3) is 0 Å². The second kappa shape index (κ2) is 6.88. The molecule has 2 fully saturated rings. The maximum absolute atomic E-state index is 6.08. The summed E-state index contributed by atoms with van der Waals surface area (Å²) in [5.41, 5.74) is 6.56. The highest BCUT2D eigenvalue weighted by Gasteiger charge is 2.30. The van der Waals surface area contributed by atoms with E-state index in [0.717, 1.165) is 6.54 Å². The van der Waals surface area contributed by atoms with E-state index in [2.05, 4.69) is 16.8 Å². The van der Waals surface area contributed by atoms with E-state index in [-0.39, 0.29) is 0 Å². The Kier molecular flexibility index (Phi) is 5.46. The first-order valence-electron chi connectivity index (χ1n) is 7.85. The van der Waals surface area contributed by atoms with Crippen molar-refractivity contribution >= 4 is 0 Å². The van der Waals surface area contributed by atoms with Gasteiger partial charge in [-0.05, 0) is 64.3 Å². The number of nitrogens with two attached hydrogens (primary N) is 1. The second-order valence-corrected chi connectivity index (χ2v) is 6.51. The van der Waals surface area contributed by atoms with E-state index in [9.17, 15) is 0 Å². The molecule has 1 aliphatic carbocycles. The van der Waals surface area contributed by atoms with E-state index in [4.69, 9.17) is 5.73 Å². The quantitative estimate of drug-likeness (QED) is 0.831. The summed E-state index contributed by atoms with van der Waals surface area (Å²) in [6.07, 6.45) is 9.63.